The maximum Gasteiger partial charge on any atom is 0.306 e. The molecular weight excluding hydrogens is 322 g/mol. The molecule has 1 N–H and O–H groups in total. The van der Waals surface area contributed by atoms with Crippen molar-refractivity contribution in [2.45, 2.75) is 45.4 Å². The highest BCUT2D eigenvalue weighted by molar-refractivity contribution is 7.13. The fourth-order valence-electron chi connectivity index (χ4n) is 2.60. The number of aromatic nitrogens is 1. The highest BCUT2D eigenvalue weighted by atomic mass is 32.1. The Bertz CT molecular complexity index is 666. The number of Topliss-reactive ketones (excluding diaryl/α,β-unsaturated/α-hetero) is 1. The zero-order valence-corrected chi connectivity index (χ0v) is 14.7. The van der Waals surface area contributed by atoms with Gasteiger partial charge in [0.2, 0.25) is 0 Å². The summed E-state index contributed by atoms with van der Waals surface area (Å²) in [7, 11) is 0. The average Bonchev–Trinajstić information content (AvgIpc) is 3.03. The van der Waals surface area contributed by atoms with E-state index in [0.717, 1.165) is 35.5 Å². The summed E-state index contributed by atoms with van der Waals surface area (Å²) < 4.78 is 0. The fourth-order valence-corrected chi connectivity index (χ4v) is 3.43. The maximum atomic E-state index is 12.2. The van der Waals surface area contributed by atoms with Crippen molar-refractivity contribution in [2.24, 2.45) is 5.92 Å². The number of unbranched alkanes of at least 4 members (excludes halogenated alkanes) is 2. The Morgan fingerprint density at radius 2 is 1.96 bits per heavy atom. The molecule has 5 heteroatoms. The highest BCUT2D eigenvalue weighted by Gasteiger charge is 2.21. The zero-order chi connectivity index (χ0) is 17.4. The first kappa shape index (κ1) is 18.3. The topological polar surface area (TPSA) is 67.3 Å². The van der Waals surface area contributed by atoms with E-state index in [1.807, 2.05) is 35.7 Å². The third kappa shape index (κ3) is 5.57. The number of ketones is 1. The minimum atomic E-state index is -0.872. The Balaban J connectivity index is 1.92. The van der Waals surface area contributed by atoms with E-state index >= 15 is 0 Å². The van der Waals surface area contributed by atoms with Crippen LogP contribution < -0.4 is 0 Å². The third-order valence-corrected chi connectivity index (χ3v) is 4.87. The number of aliphatic carboxylic acids is 1. The number of carboxylic acid groups (broad SMARTS) is 1. The molecule has 2 aromatic rings. The van der Waals surface area contributed by atoms with Crippen molar-refractivity contribution < 1.29 is 14.7 Å². The summed E-state index contributed by atoms with van der Waals surface area (Å²) in [6, 6.07) is 9.83. The van der Waals surface area contributed by atoms with Gasteiger partial charge in [-0.1, -0.05) is 56.5 Å². The van der Waals surface area contributed by atoms with Crippen LogP contribution in [0.1, 0.15) is 44.7 Å². The van der Waals surface area contributed by atoms with Crippen LogP contribution in [0.5, 0.6) is 0 Å². The lowest BCUT2D eigenvalue weighted by molar-refractivity contribution is -0.144. The molecule has 1 aromatic heterocycles. The van der Waals surface area contributed by atoms with E-state index < -0.39 is 11.9 Å². The van der Waals surface area contributed by atoms with Crippen molar-refractivity contribution in [2.75, 3.05) is 0 Å². The molecule has 0 radical (unpaired) electrons. The Morgan fingerprint density at radius 3 is 2.62 bits per heavy atom. The molecule has 2 rings (SSSR count). The lowest BCUT2D eigenvalue weighted by Gasteiger charge is -2.10. The van der Waals surface area contributed by atoms with Gasteiger partial charge >= 0.3 is 5.97 Å². The predicted octanol–water partition coefficient (Wildman–Crippen LogP) is 4.59. The molecule has 0 bridgehead atoms. The highest BCUT2D eigenvalue weighted by Crippen LogP contribution is 2.24. The smallest absolute Gasteiger partial charge is 0.306 e. The molecule has 0 fully saturated rings. The number of carbonyl (C=O) groups excluding carboxylic acids is 1. The van der Waals surface area contributed by atoms with Gasteiger partial charge in [0.25, 0.3) is 0 Å². The number of rotatable bonds is 10. The molecule has 1 heterocycles. The van der Waals surface area contributed by atoms with Crippen molar-refractivity contribution in [1.82, 2.24) is 4.98 Å². The van der Waals surface area contributed by atoms with Crippen LogP contribution in [0.25, 0.3) is 10.6 Å². The molecular formula is C19H23NO3S. The Hall–Kier alpha value is -2.01. The van der Waals surface area contributed by atoms with Gasteiger partial charge in [0, 0.05) is 23.8 Å². The molecule has 0 amide bonds. The number of benzene rings is 1. The van der Waals surface area contributed by atoms with E-state index in [1.54, 1.807) is 0 Å². The van der Waals surface area contributed by atoms with Crippen LogP contribution in [0.2, 0.25) is 0 Å². The summed E-state index contributed by atoms with van der Waals surface area (Å²) in [6.45, 7) is 2.08. The first-order valence-electron chi connectivity index (χ1n) is 8.34. The van der Waals surface area contributed by atoms with Crippen molar-refractivity contribution in [3.05, 3.63) is 41.4 Å². The number of carbonyl (C=O) groups is 2. The second-order valence-corrected chi connectivity index (χ2v) is 6.82. The minimum absolute atomic E-state index is 0.0520. The summed E-state index contributed by atoms with van der Waals surface area (Å²) in [5, 5.41) is 12.0. The SMILES string of the molecule is CCCCCC(CC(=O)Cc1csc(-c2ccccc2)n1)C(=O)O. The summed E-state index contributed by atoms with van der Waals surface area (Å²) in [6.07, 6.45) is 3.78. The lowest BCUT2D eigenvalue weighted by Crippen LogP contribution is -2.19. The van der Waals surface area contributed by atoms with Crippen LogP contribution in [-0.2, 0) is 16.0 Å². The Kier molecular flexibility index (Phi) is 7.12. The molecule has 1 aromatic carbocycles. The second kappa shape index (κ2) is 9.33. The quantitative estimate of drug-likeness (QED) is 0.639. The van der Waals surface area contributed by atoms with Crippen molar-refractivity contribution >= 4 is 23.1 Å². The molecule has 0 saturated heterocycles. The van der Waals surface area contributed by atoms with Crippen molar-refractivity contribution in [1.29, 1.82) is 0 Å². The van der Waals surface area contributed by atoms with Gasteiger partial charge in [0.1, 0.15) is 10.8 Å². The molecule has 24 heavy (non-hydrogen) atoms. The van der Waals surface area contributed by atoms with Gasteiger partial charge in [-0.2, -0.15) is 0 Å². The van der Waals surface area contributed by atoms with Gasteiger partial charge < -0.3 is 5.11 Å². The number of hydrogen-bond donors (Lipinski definition) is 1. The molecule has 0 aliphatic rings. The number of hydrogen-bond acceptors (Lipinski definition) is 4. The van der Waals surface area contributed by atoms with Crippen molar-refractivity contribution in [3.8, 4) is 10.6 Å². The van der Waals surface area contributed by atoms with E-state index in [0.29, 0.717) is 6.42 Å². The lowest BCUT2D eigenvalue weighted by atomic mass is 9.94. The van der Waals surface area contributed by atoms with Gasteiger partial charge in [0.15, 0.2) is 0 Å². The number of carboxylic acids is 1. The van der Waals surface area contributed by atoms with Gasteiger partial charge in [-0.25, -0.2) is 4.98 Å². The molecule has 0 saturated carbocycles. The minimum Gasteiger partial charge on any atom is -0.481 e. The van der Waals surface area contributed by atoms with E-state index in [2.05, 4.69) is 11.9 Å². The van der Waals surface area contributed by atoms with Crippen LogP contribution in [-0.4, -0.2) is 21.8 Å². The standard InChI is InChI=1S/C19H23NO3S/c1-2-3-5-10-15(19(22)23)11-17(21)12-16-13-24-18(20-16)14-8-6-4-7-9-14/h4,6-9,13,15H,2-3,5,10-12H2,1H3,(H,22,23). The predicted molar refractivity (Wildman–Crippen MR) is 96.1 cm³/mol. The Labute approximate surface area is 146 Å². The van der Waals surface area contributed by atoms with E-state index in [9.17, 15) is 14.7 Å². The van der Waals surface area contributed by atoms with E-state index in [4.69, 9.17) is 0 Å². The molecule has 0 spiro atoms. The second-order valence-electron chi connectivity index (χ2n) is 5.96. The monoisotopic (exact) mass is 345 g/mol. The summed E-state index contributed by atoms with van der Waals surface area (Å²) in [5.41, 5.74) is 1.76. The molecule has 1 atom stereocenters. The molecule has 1 unspecified atom stereocenters. The normalized spacial score (nSPS) is 12.0. The van der Waals surface area contributed by atoms with Crippen LogP contribution in [0, 0.1) is 5.92 Å². The summed E-state index contributed by atoms with van der Waals surface area (Å²) in [4.78, 5) is 28.0. The zero-order valence-electron chi connectivity index (χ0n) is 13.9. The maximum absolute atomic E-state index is 12.2. The fraction of sp³-hybridized carbons (Fsp3) is 0.421. The molecule has 128 valence electrons. The van der Waals surface area contributed by atoms with Crippen LogP contribution >= 0.6 is 11.3 Å². The van der Waals surface area contributed by atoms with Crippen LogP contribution in [0.15, 0.2) is 35.7 Å². The first-order valence-corrected chi connectivity index (χ1v) is 9.22. The number of nitrogens with zero attached hydrogens (tertiary/aromatic N) is 1. The van der Waals surface area contributed by atoms with E-state index in [1.165, 1.54) is 11.3 Å². The van der Waals surface area contributed by atoms with Gasteiger partial charge in [-0.05, 0) is 6.42 Å². The van der Waals surface area contributed by atoms with Gasteiger partial charge in [0.05, 0.1) is 11.6 Å². The first-order chi connectivity index (χ1) is 11.6. The van der Waals surface area contributed by atoms with E-state index in [-0.39, 0.29) is 18.6 Å². The average molecular weight is 345 g/mol. The van der Waals surface area contributed by atoms with Crippen LogP contribution in [0.4, 0.5) is 0 Å². The summed E-state index contributed by atoms with van der Waals surface area (Å²) >= 11 is 1.51. The largest absolute Gasteiger partial charge is 0.481 e. The molecule has 0 aliphatic heterocycles. The third-order valence-electron chi connectivity index (χ3n) is 3.93. The Morgan fingerprint density at radius 1 is 1.21 bits per heavy atom. The van der Waals surface area contributed by atoms with Gasteiger partial charge in [-0.15, -0.1) is 11.3 Å². The molecule has 0 aliphatic carbocycles. The van der Waals surface area contributed by atoms with Crippen molar-refractivity contribution in [3.63, 3.8) is 0 Å². The van der Waals surface area contributed by atoms with Crippen LogP contribution in [0.3, 0.4) is 0 Å². The number of thiazole rings is 1. The molecule has 4 nitrogen and oxygen atoms in total. The summed E-state index contributed by atoms with van der Waals surface area (Å²) in [5.74, 6) is -1.50. The van der Waals surface area contributed by atoms with Gasteiger partial charge in [-0.3, -0.25) is 9.59 Å².